The second-order valence-corrected chi connectivity index (χ2v) is 6.37. The van der Waals surface area contributed by atoms with Crippen LogP contribution in [0.5, 0.6) is 0 Å². The number of hydrogen-bond donors (Lipinski definition) is 0. The van der Waals surface area contributed by atoms with Crippen molar-refractivity contribution in [1.82, 2.24) is 4.90 Å². The first-order valence-corrected chi connectivity index (χ1v) is 8.07. The van der Waals surface area contributed by atoms with E-state index in [4.69, 9.17) is 10.6 Å². The first-order valence-electron chi connectivity index (χ1n) is 6.26. The van der Waals surface area contributed by atoms with Crippen LogP contribution in [0.1, 0.15) is 19.3 Å². The third kappa shape index (κ3) is 6.58. The van der Waals surface area contributed by atoms with E-state index in [-0.39, 0.29) is 12.6 Å². The van der Waals surface area contributed by atoms with E-state index in [9.17, 15) is 8.42 Å². The summed E-state index contributed by atoms with van der Waals surface area (Å²) in [4.78, 5) is 1.94. The van der Waals surface area contributed by atoms with Gasteiger partial charge in [0.05, 0.1) is 19.4 Å². The number of likely N-dealkylation sites (N-methyl/N-ethyl adjacent to an activating group) is 1. The first kappa shape index (κ1) is 16.0. The molecule has 1 rings (SSSR count). The van der Waals surface area contributed by atoms with Crippen LogP contribution in [0.15, 0.2) is 23.8 Å². The molecule has 0 aromatic carbocycles. The number of nitrogens with zero attached hydrogens (tertiary/aromatic N) is 1. The van der Waals surface area contributed by atoms with Crippen LogP contribution in [0.3, 0.4) is 0 Å². The first-order chi connectivity index (χ1) is 8.92. The minimum atomic E-state index is -3.42. The van der Waals surface area contributed by atoms with Gasteiger partial charge in [0.2, 0.25) is 0 Å². The Morgan fingerprint density at radius 2 is 2.26 bits per heavy atom. The summed E-state index contributed by atoms with van der Waals surface area (Å²) in [6.07, 6.45) is 15.6. The highest BCUT2D eigenvalue weighted by atomic mass is 32.2. The Bertz CT molecular complexity index is 485. The Hall–Kier alpha value is -1.09. The molecule has 1 aliphatic carbocycles. The van der Waals surface area contributed by atoms with E-state index >= 15 is 0 Å². The van der Waals surface area contributed by atoms with Gasteiger partial charge in [-0.2, -0.15) is 8.42 Å². The Morgan fingerprint density at radius 1 is 1.53 bits per heavy atom. The summed E-state index contributed by atoms with van der Waals surface area (Å²) >= 11 is 0. The Morgan fingerprint density at radius 3 is 2.79 bits per heavy atom. The van der Waals surface area contributed by atoms with E-state index in [0.717, 1.165) is 25.5 Å². The fourth-order valence-electron chi connectivity index (χ4n) is 1.91. The molecule has 0 aliphatic heterocycles. The van der Waals surface area contributed by atoms with Crippen LogP contribution in [0, 0.1) is 12.3 Å². The van der Waals surface area contributed by atoms with Crippen molar-refractivity contribution in [3.05, 3.63) is 23.8 Å². The number of rotatable bonds is 7. The molecule has 0 aromatic rings. The van der Waals surface area contributed by atoms with E-state index in [0.29, 0.717) is 6.54 Å². The van der Waals surface area contributed by atoms with Crippen LogP contribution in [-0.4, -0.2) is 45.8 Å². The molecule has 0 N–H and O–H groups in total. The summed E-state index contributed by atoms with van der Waals surface area (Å²) in [6.45, 7) is 0.594. The molecule has 0 radical (unpaired) electrons. The van der Waals surface area contributed by atoms with Gasteiger partial charge in [0.15, 0.2) is 0 Å². The summed E-state index contributed by atoms with van der Waals surface area (Å²) in [6, 6.07) is -0.0419. The molecule has 0 saturated carbocycles. The van der Waals surface area contributed by atoms with E-state index in [1.54, 1.807) is 0 Å². The van der Waals surface area contributed by atoms with E-state index < -0.39 is 10.1 Å². The summed E-state index contributed by atoms with van der Waals surface area (Å²) in [5.41, 5.74) is 1.21. The molecule has 0 spiro atoms. The predicted molar refractivity (Wildman–Crippen MR) is 77.1 cm³/mol. The molecule has 0 saturated heterocycles. The molecule has 0 aromatic heterocycles. The lowest BCUT2D eigenvalue weighted by atomic mass is 10.00. The fourth-order valence-corrected chi connectivity index (χ4v) is 2.31. The van der Waals surface area contributed by atoms with E-state index in [2.05, 4.69) is 24.1 Å². The standard InChI is InChI=1S/C14H21NO3S/c1-4-10-15(2)14(12-18-19(3,16)17)11-13-8-6-5-7-9-13/h1,6,8-9,14H,5,7,10-12H2,2-3H3/t14-/m0/s1. The lowest BCUT2D eigenvalue weighted by Gasteiger charge is -2.26. The second-order valence-electron chi connectivity index (χ2n) is 4.72. The van der Waals surface area contributed by atoms with Gasteiger partial charge in [0.1, 0.15) is 0 Å². The van der Waals surface area contributed by atoms with Gasteiger partial charge >= 0.3 is 0 Å². The largest absolute Gasteiger partial charge is 0.290 e. The van der Waals surface area contributed by atoms with Gasteiger partial charge in [-0.15, -0.1) is 6.42 Å². The van der Waals surface area contributed by atoms with Crippen LogP contribution < -0.4 is 0 Å². The quantitative estimate of drug-likeness (QED) is 0.525. The summed E-state index contributed by atoms with van der Waals surface area (Å²) in [5.74, 6) is 2.57. The Balaban J connectivity index is 2.66. The highest BCUT2D eigenvalue weighted by Gasteiger charge is 2.18. The number of allylic oxidation sites excluding steroid dienone is 3. The summed E-state index contributed by atoms with van der Waals surface area (Å²) in [5, 5.41) is 0. The van der Waals surface area contributed by atoms with Gasteiger partial charge in [-0.25, -0.2) is 0 Å². The van der Waals surface area contributed by atoms with Gasteiger partial charge in [-0.1, -0.05) is 29.7 Å². The third-order valence-electron chi connectivity index (χ3n) is 2.98. The SMILES string of the molecule is C#CCN(C)[C@H](COS(C)(=O)=O)CC1=CCCC=C1. The molecule has 0 heterocycles. The molecule has 1 atom stereocenters. The summed E-state index contributed by atoms with van der Waals surface area (Å²) < 4.78 is 27.1. The number of hydrogen-bond acceptors (Lipinski definition) is 4. The van der Waals surface area contributed by atoms with Crippen molar-refractivity contribution in [1.29, 1.82) is 0 Å². The van der Waals surface area contributed by atoms with Gasteiger partial charge in [0, 0.05) is 6.04 Å². The molecule has 1 aliphatic rings. The van der Waals surface area contributed by atoms with Crippen molar-refractivity contribution < 1.29 is 12.6 Å². The fraction of sp³-hybridized carbons (Fsp3) is 0.571. The Labute approximate surface area is 116 Å². The minimum absolute atomic E-state index is 0.0419. The van der Waals surface area contributed by atoms with Crippen molar-refractivity contribution in [2.24, 2.45) is 0 Å². The van der Waals surface area contributed by atoms with Crippen LogP contribution >= 0.6 is 0 Å². The molecule has 0 fully saturated rings. The van der Waals surface area contributed by atoms with Gasteiger partial charge < -0.3 is 0 Å². The van der Waals surface area contributed by atoms with Gasteiger partial charge in [-0.3, -0.25) is 9.08 Å². The van der Waals surface area contributed by atoms with Crippen molar-refractivity contribution in [2.75, 3.05) is 26.5 Å². The highest BCUT2D eigenvalue weighted by Crippen LogP contribution is 2.18. The molecule has 4 nitrogen and oxygen atoms in total. The monoisotopic (exact) mass is 283 g/mol. The third-order valence-corrected chi connectivity index (χ3v) is 3.55. The van der Waals surface area contributed by atoms with Crippen molar-refractivity contribution in [3.8, 4) is 12.3 Å². The van der Waals surface area contributed by atoms with Crippen LogP contribution in [-0.2, 0) is 14.3 Å². The average molecular weight is 283 g/mol. The maximum atomic E-state index is 11.1. The van der Waals surface area contributed by atoms with Crippen LogP contribution in [0.2, 0.25) is 0 Å². The van der Waals surface area contributed by atoms with Gasteiger partial charge in [-0.05, 0) is 26.3 Å². The second kappa shape index (κ2) is 7.49. The maximum absolute atomic E-state index is 11.1. The van der Waals surface area contributed by atoms with E-state index in [1.807, 2.05) is 11.9 Å². The molecule has 5 heteroatoms. The zero-order chi connectivity index (χ0) is 14.3. The molecule has 0 amide bonds. The molecular formula is C14H21NO3S. The molecular weight excluding hydrogens is 262 g/mol. The number of terminal acetylenes is 1. The van der Waals surface area contributed by atoms with Crippen LogP contribution in [0.4, 0.5) is 0 Å². The van der Waals surface area contributed by atoms with E-state index in [1.165, 1.54) is 5.57 Å². The molecule has 0 bridgehead atoms. The highest BCUT2D eigenvalue weighted by molar-refractivity contribution is 7.85. The van der Waals surface area contributed by atoms with Crippen molar-refractivity contribution in [2.45, 2.75) is 25.3 Å². The summed E-state index contributed by atoms with van der Waals surface area (Å²) in [7, 11) is -1.55. The smallest absolute Gasteiger partial charge is 0.264 e. The zero-order valence-corrected chi connectivity index (χ0v) is 12.3. The lowest BCUT2D eigenvalue weighted by Crippen LogP contribution is -2.36. The Kier molecular flexibility index (Phi) is 6.29. The maximum Gasteiger partial charge on any atom is 0.264 e. The topological polar surface area (TPSA) is 46.6 Å². The van der Waals surface area contributed by atoms with Crippen LogP contribution in [0.25, 0.3) is 0 Å². The lowest BCUT2D eigenvalue weighted by molar-refractivity contribution is 0.179. The molecule has 0 unspecified atom stereocenters. The molecule has 19 heavy (non-hydrogen) atoms. The predicted octanol–water partition coefficient (Wildman–Crippen LogP) is 1.56. The van der Waals surface area contributed by atoms with Crippen molar-refractivity contribution >= 4 is 10.1 Å². The zero-order valence-electron chi connectivity index (χ0n) is 11.5. The molecule has 106 valence electrons. The minimum Gasteiger partial charge on any atom is -0.290 e. The normalized spacial score (nSPS) is 17.1. The van der Waals surface area contributed by atoms with Crippen molar-refractivity contribution in [3.63, 3.8) is 0 Å². The van der Waals surface area contributed by atoms with Gasteiger partial charge in [0.25, 0.3) is 10.1 Å². The average Bonchev–Trinajstić information content (AvgIpc) is 2.35.